The van der Waals surface area contributed by atoms with E-state index in [1.807, 2.05) is 12.1 Å². The lowest BCUT2D eigenvalue weighted by Crippen LogP contribution is -2.37. The summed E-state index contributed by atoms with van der Waals surface area (Å²) in [6.45, 7) is 1.02. The lowest BCUT2D eigenvalue weighted by molar-refractivity contribution is 0.182. The number of nitrogens with one attached hydrogen (secondary N) is 1. The molecule has 0 aromatic carbocycles. The molecule has 2 atom stereocenters. The van der Waals surface area contributed by atoms with Gasteiger partial charge in [-0.25, -0.2) is 14.6 Å². The maximum absolute atomic E-state index is 12.3. The van der Waals surface area contributed by atoms with Gasteiger partial charge < -0.3 is 10.1 Å². The van der Waals surface area contributed by atoms with Gasteiger partial charge in [0.1, 0.15) is 18.2 Å². The molecule has 5 rings (SSSR count). The highest BCUT2D eigenvalue weighted by Gasteiger charge is 2.33. The van der Waals surface area contributed by atoms with E-state index in [4.69, 9.17) is 4.74 Å². The van der Waals surface area contributed by atoms with Gasteiger partial charge in [-0.2, -0.15) is 5.10 Å². The van der Waals surface area contributed by atoms with E-state index >= 15 is 0 Å². The summed E-state index contributed by atoms with van der Waals surface area (Å²) in [6.07, 6.45) is 6.36. The first-order valence-electron chi connectivity index (χ1n) is 9.04. The summed E-state index contributed by atoms with van der Waals surface area (Å²) in [5, 5.41) is 8.04. The first-order chi connectivity index (χ1) is 12.3. The van der Waals surface area contributed by atoms with Crippen LogP contribution in [0.3, 0.4) is 0 Å². The highest BCUT2D eigenvalue weighted by molar-refractivity contribution is 5.38. The fourth-order valence-corrected chi connectivity index (χ4v) is 3.44. The molecule has 7 heteroatoms. The van der Waals surface area contributed by atoms with Crippen molar-refractivity contribution in [3.8, 4) is 0 Å². The van der Waals surface area contributed by atoms with Crippen LogP contribution in [0.2, 0.25) is 0 Å². The van der Waals surface area contributed by atoms with Crippen molar-refractivity contribution in [2.24, 2.45) is 0 Å². The number of ether oxygens (including phenoxy) is 1. The number of nitrogens with zero attached hydrogens (tertiary/aromatic N) is 4. The Bertz CT molecular complexity index is 843. The van der Waals surface area contributed by atoms with Crippen LogP contribution < -0.4 is 10.9 Å². The second-order valence-corrected chi connectivity index (χ2v) is 7.27. The predicted octanol–water partition coefficient (Wildman–Crippen LogP) is 1.84. The molecule has 1 aliphatic heterocycles. The zero-order chi connectivity index (χ0) is 16.8. The van der Waals surface area contributed by atoms with Crippen LogP contribution in [0.1, 0.15) is 54.9 Å². The summed E-state index contributed by atoms with van der Waals surface area (Å²) in [4.78, 5) is 21.0. The maximum atomic E-state index is 12.3. The predicted molar refractivity (Wildman–Crippen MR) is 91.7 cm³/mol. The van der Waals surface area contributed by atoms with Gasteiger partial charge >= 0.3 is 0 Å². The van der Waals surface area contributed by atoms with E-state index in [0.29, 0.717) is 25.0 Å². The topological polar surface area (TPSA) is 81.9 Å². The van der Waals surface area contributed by atoms with Gasteiger partial charge in [0.05, 0.1) is 24.9 Å². The van der Waals surface area contributed by atoms with Crippen molar-refractivity contribution >= 4 is 5.82 Å². The van der Waals surface area contributed by atoms with Gasteiger partial charge in [-0.05, 0) is 31.7 Å². The maximum Gasteiger partial charge on any atom is 0.267 e. The molecule has 7 nitrogen and oxygen atoms in total. The second-order valence-electron chi connectivity index (χ2n) is 7.27. The van der Waals surface area contributed by atoms with Crippen molar-refractivity contribution in [3.05, 3.63) is 46.3 Å². The molecule has 0 amide bonds. The van der Waals surface area contributed by atoms with Crippen LogP contribution in [0.4, 0.5) is 5.82 Å². The molecular formula is C18H21N5O2. The van der Waals surface area contributed by atoms with E-state index in [1.54, 1.807) is 17.1 Å². The van der Waals surface area contributed by atoms with E-state index in [2.05, 4.69) is 20.4 Å². The normalized spacial score (nSPS) is 25.9. The second kappa shape index (κ2) is 5.91. The Morgan fingerprint density at radius 2 is 1.84 bits per heavy atom. The Labute approximate surface area is 145 Å². The first-order valence-corrected chi connectivity index (χ1v) is 9.04. The SMILES string of the molecule is O=c1ccc(C2CC2)nn1C1COCC1Nc1cc(C2CC2)ncn1. The summed E-state index contributed by atoms with van der Waals surface area (Å²) < 4.78 is 7.25. The molecule has 1 saturated heterocycles. The molecule has 0 spiro atoms. The lowest BCUT2D eigenvalue weighted by atomic mass is 10.1. The van der Waals surface area contributed by atoms with E-state index < -0.39 is 0 Å². The fraction of sp³-hybridized carbons (Fsp3) is 0.556. The van der Waals surface area contributed by atoms with Gasteiger partial charge in [0, 0.05) is 29.7 Å². The van der Waals surface area contributed by atoms with Crippen LogP contribution in [-0.4, -0.2) is 39.0 Å². The van der Waals surface area contributed by atoms with Crippen LogP contribution in [0.5, 0.6) is 0 Å². The average Bonchev–Trinajstić information content (AvgIpc) is 3.53. The standard InChI is InChI=1S/C18H21N5O2/c24-18-6-5-13(11-1-2-11)22-23(18)16-9-25-8-15(16)21-17-7-14(12-3-4-12)19-10-20-17/h5-7,10-12,15-16H,1-4,8-9H2,(H,19,20,21). The van der Waals surface area contributed by atoms with Gasteiger partial charge in [0.15, 0.2) is 0 Å². The van der Waals surface area contributed by atoms with Crippen molar-refractivity contribution in [2.45, 2.75) is 49.6 Å². The molecule has 0 radical (unpaired) electrons. The van der Waals surface area contributed by atoms with Crippen LogP contribution in [0.25, 0.3) is 0 Å². The fourth-order valence-electron chi connectivity index (χ4n) is 3.44. The van der Waals surface area contributed by atoms with Crippen LogP contribution >= 0.6 is 0 Å². The van der Waals surface area contributed by atoms with E-state index in [1.165, 1.54) is 25.7 Å². The molecule has 2 aromatic rings. The molecule has 0 bridgehead atoms. The largest absolute Gasteiger partial charge is 0.377 e. The number of aromatic nitrogens is 4. The average molecular weight is 339 g/mol. The zero-order valence-corrected chi connectivity index (χ0v) is 14.0. The van der Waals surface area contributed by atoms with Gasteiger partial charge in [-0.3, -0.25) is 4.79 Å². The molecule has 25 heavy (non-hydrogen) atoms. The van der Waals surface area contributed by atoms with Crippen molar-refractivity contribution in [2.75, 3.05) is 18.5 Å². The van der Waals surface area contributed by atoms with E-state index in [0.717, 1.165) is 17.2 Å². The molecule has 3 aliphatic rings. The van der Waals surface area contributed by atoms with E-state index in [-0.39, 0.29) is 17.6 Å². The molecule has 2 aliphatic carbocycles. The summed E-state index contributed by atoms with van der Waals surface area (Å²) in [7, 11) is 0. The van der Waals surface area contributed by atoms with E-state index in [9.17, 15) is 4.79 Å². The number of rotatable bonds is 5. The van der Waals surface area contributed by atoms with Crippen LogP contribution in [-0.2, 0) is 4.74 Å². The highest BCUT2D eigenvalue weighted by Crippen LogP contribution is 2.40. The van der Waals surface area contributed by atoms with Crippen molar-refractivity contribution in [3.63, 3.8) is 0 Å². The Kier molecular flexibility index (Phi) is 3.55. The molecule has 2 unspecified atom stereocenters. The molecule has 3 fully saturated rings. The van der Waals surface area contributed by atoms with Gasteiger partial charge in [-0.1, -0.05) is 0 Å². The Morgan fingerprint density at radius 1 is 1.04 bits per heavy atom. The van der Waals surface area contributed by atoms with Crippen molar-refractivity contribution in [1.82, 2.24) is 19.7 Å². The third-order valence-electron chi connectivity index (χ3n) is 5.22. The number of hydrogen-bond acceptors (Lipinski definition) is 6. The molecule has 1 N–H and O–H groups in total. The molecule has 2 saturated carbocycles. The van der Waals surface area contributed by atoms with Crippen LogP contribution in [0.15, 0.2) is 29.3 Å². The minimum Gasteiger partial charge on any atom is -0.377 e. The number of anilines is 1. The first kappa shape index (κ1) is 15.0. The summed E-state index contributed by atoms with van der Waals surface area (Å²) in [5.41, 5.74) is 2.04. The summed E-state index contributed by atoms with van der Waals surface area (Å²) >= 11 is 0. The summed E-state index contributed by atoms with van der Waals surface area (Å²) in [5.74, 6) is 1.89. The monoisotopic (exact) mass is 339 g/mol. The smallest absolute Gasteiger partial charge is 0.267 e. The van der Waals surface area contributed by atoms with Crippen molar-refractivity contribution < 1.29 is 4.74 Å². The molecule has 130 valence electrons. The molecular weight excluding hydrogens is 318 g/mol. The Balaban J connectivity index is 1.39. The minimum atomic E-state index is -0.120. The summed E-state index contributed by atoms with van der Waals surface area (Å²) in [6, 6.07) is 5.36. The minimum absolute atomic E-state index is 0.0263. The Hall–Kier alpha value is -2.28. The van der Waals surface area contributed by atoms with Crippen LogP contribution in [0, 0.1) is 0 Å². The molecule has 3 heterocycles. The lowest BCUT2D eigenvalue weighted by Gasteiger charge is -2.21. The van der Waals surface area contributed by atoms with Gasteiger partial charge in [0.25, 0.3) is 5.56 Å². The third-order valence-corrected chi connectivity index (χ3v) is 5.22. The Morgan fingerprint density at radius 3 is 2.64 bits per heavy atom. The highest BCUT2D eigenvalue weighted by atomic mass is 16.5. The number of hydrogen-bond donors (Lipinski definition) is 1. The quantitative estimate of drug-likeness (QED) is 0.895. The van der Waals surface area contributed by atoms with Gasteiger partial charge in [-0.15, -0.1) is 0 Å². The molecule has 2 aromatic heterocycles. The van der Waals surface area contributed by atoms with Gasteiger partial charge in [0.2, 0.25) is 0 Å². The zero-order valence-electron chi connectivity index (χ0n) is 14.0. The van der Waals surface area contributed by atoms with Crippen molar-refractivity contribution in [1.29, 1.82) is 0 Å². The third kappa shape index (κ3) is 3.04.